The molecule has 0 spiro atoms. The molecule has 2 aromatic carbocycles. The number of halogens is 2. The number of rotatable bonds is 3. The Kier molecular flexibility index (Phi) is 4.44. The lowest BCUT2D eigenvalue weighted by molar-refractivity contribution is 0.544. The van der Waals surface area contributed by atoms with Crippen LogP contribution in [0, 0.1) is 5.82 Å². The molecule has 0 fully saturated rings. The third-order valence-electron chi connectivity index (χ3n) is 3.52. The lowest BCUT2D eigenvalue weighted by atomic mass is 10.0. The summed E-state index contributed by atoms with van der Waals surface area (Å²) in [6.45, 7) is 0.546. The van der Waals surface area contributed by atoms with Crippen LogP contribution in [0.2, 0.25) is 0 Å². The summed E-state index contributed by atoms with van der Waals surface area (Å²) in [6, 6.07) is 13.9. The highest BCUT2D eigenvalue weighted by Crippen LogP contribution is 2.31. The summed E-state index contributed by atoms with van der Waals surface area (Å²) < 4.78 is 14.7. The molecule has 0 bridgehead atoms. The summed E-state index contributed by atoms with van der Waals surface area (Å²) >= 11 is 5.31. The molecule has 20 heavy (non-hydrogen) atoms. The van der Waals surface area contributed by atoms with Gasteiger partial charge in [-0.1, -0.05) is 40.2 Å². The first-order valence-electron chi connectivity index (χ1n) is 6.57. The first kappa shape index (κ1) is 14.1. The van der Waals surface area contributed by atoms with Crippen LogP contribution in [0.25, 0.3) is 0 Å². The van der Waals surface area contributed by atoms with Gasteiger partial charge in [-0.2, -0.15) is 11.8 Å². The van der Waals surface area contributed by atoms with E-state index in [4.69, 9.17) is 0 Å². The van der Waals surface area contributed by atoms with Crippen LogP contribution in [0.15, 0.2) is 46.9 Å². The first-order valence-corrected chi connectivity index (χ1v) is 8.51. The molecule has 0 aliphatic carbocycles. The average molecular weight is 352 g/mol. The van der Waals surface area contributed by atoms with E-state index in [1.807, 2.05) is 17.8 Å². The largest absolute Gasteiger partial charge is 0.305 e. The van der Waals surface area contributed by atoms with Gasteiger partial charge in [-0.05, 0) is 29.3 Å². The van der Waals surface area contributed by atoms with Gasteiger partial charge in [0.2, 0.25) is 0 Å². The first-order chi connectivity index (χ1) is 9.74. The molecule has 4 heteroatoms. The van der Waals surface area contributed by atoms with Crippen LogP contribution in [-0.4, -0.2) is 5.75 Å². The summed E-state index contributed by atoms with van der Waals surface area (Å²) in [6.07, 6.45) is 0. The molecule has 1 N–H and O–H groups in total. The zero-order valence-electron chi connectivity index (χ0n) is 10.9. The van der Waals surface area contributed by atoms with E-state index in [0.717, 1.165) is 16.0 Å². The number of fused-ring (bicyclic) bond motifs is 1. The zero-order valence-corrected chi connectivity index (χ0v) is 13.3. The van der Waals surface area contributed by atoms with Gasteiger partial charge in [0.25, 0.3) is 0 Å². The number of hydrogen-bond acceptors (Lipinski definition) is 2. The van der Waals surface area contributed by atoms with E-state index < -0.39 is 0 Å². The maximum absolute atomic E-state index is 13.8. The Morgan fingerprint density at radius 2 is 2.10 bits per heavy atom. The Morgan fingerprint density at radius 1 is 1.25 bits per heavy atom. The number of benzene rings is 2. The van der Waals surface area contributed by atoms with Crippen molar-refractivity contribution in [1.29, 1.82) is 0 Å². The van der Waals surface area contributed by atoms with Crippen LogP contribution in [-0.2, 0) is 12.3 Å². The van der Waals surface area contributed by atoms with Gasteiger partial charge in [0.1, 0.15) is 5.82 Å². The molecule has 1 unspecified atom stereocenters. The van der Waals surface area contributed by atoms with Crippen molar-refractivity contribution >= 4 is 27.7 Å². The van der Waals surface area contributed by atoms with E-state index in [2.05, 4.69) is 45.5 Å². The molecule has 1 heterocycles. The predicted molar refractivity (Wildman–Crippen MR) is 86.3 cm³/mol. The second kappa shape index (κ2) is 6.29. The van der Waals surface area contributed by atoms with Crippen LogP contribution in [0.1, 0.15) is 22.7 Å². The summed E-state index contributed by atoms with van der Waals surface area (Å²) in [5.41, 5.74) is 3.44. The standard InChI is InChI=1S/C16H15BrFNS/c17-13-5-6-15(18)12(7-13)8-19-16-10-20-9-11-3-1-2-4-14(11)16/h1-7,16,19H,8-10H2. The Morgan fingerprint density at radius 3 is 3.00 bits per heavy atom. The molecule has 0 saturated carbocycles. The minimum absolute atomic E-state index is 0.155. The fourth-order valence-electron chi connectivity index (χ4n) is 2.46. The topological polar surface area (TPSA) is 12.0 Å². The lowest BCUT2D eigenvalue weighted by Gasteiger charge is -2.26. The molecule has 1 aliphatic rings. The number of nitrogens with one attached hydrogen (secondary N) is 1. The molecule has 0 saturated heterocycles. The van der Waals surface area contributed by atoms with Gasteiger partial charge in [-0.3, -0.25) is 0 Å². The van der Waals surface area contributed by atoms with Crippen LogP contribution < -0.4 is 5.32 Å². The maximum atomic E-state index is 13.8. The Labute approximate surface area is 131 Å². The van der Waals surface area contributed by atoms with Crippen molar-refractivity contribution in [3.05, 3.63) is 69.4 Å². The molecule has 1 atom stereocenters. The second-order valence-corrected chi connectivity index (χ2v) is 6.83. The highest BCUT2D eigenvalue weighted by Gasteiger charge is 2.19. The van der Waals surface area contributed by atoms with Crippen molar-refractivity contribution in [1.82, 2.24) is 5.32 Å². The fourth-order valence-corrected chi connectivity index (χ4v) is 4.01. The van der Waals surface area contributed by atoms with Crippen molar-refractivity contribution in [3.63, 3.8) is 0 Å². The van der Waals surface area contributed by atoms with E-state index in [1.54, 1.807) is 6.07 Å². The molecular formula is C16H15BrFNS. The number of hydrogen-bond donors (Lipinski definition) is 1. The monoisotopic (exact) mass is 351 g/mol. The minimum Gasteiger partial charge on any atom is -0.305 e. The molecule has 0 radical (unpaired) electrons. The summed E-state index contributed by atoms with van der Waals surface area (Å²) in [4.78, 5) is 0. The van der Waals surface area contributed by atoms with E-state index in [1.165, 1.54) is 17.2 Å². The summed E-state index contributed by atoms with van der Waals surface area (Å²) in [5, 5.41) is 3.48. The average Bonchev–Trinajstić information content (AvgIpc) is 2.48. The maximum Gasteiger partial charge on any atom is 0.127 e. The van der Waals surface area contributed by atoms with Gasteiger partial charge in [0.15, 0.2) is 0 Å². The predicted octanol–water partition coefficient (Wildman–Crippen LogP) is 4.67. The molecule has 2 aromatic rings. The van der Waals surface area contributed by atoms with E-state index >= 15 is 0 Å². The van der Waals surface area contributed by atoms with E-state index in [-0.39, 0.29) is 5.82 Å². The van der Waals surface area contributed by atoms with Gasteiger partial charge in [0, 0.05) is 34.1 Å². The van der Waals surface area contributed by atoms with Gasteiger partial charge < -0.3 is 5.32 Å². The quantitative estimate of drug-likeness (QED) is 0.862. The van der Waals surface area contributed by atoms with Crippen LogP contribution in [0.4, 0.5) is 4.39 Å². The molecule has 0 aromatic heterocycles. The van der Waals surface area contributed by atoms with Gasteiger partial charge >= 0.3 is 0 Å². The normalized spacial score (nSPS) is 17.8. The molecule has 0 amide bonds. The molecule has 3 rings (SSSR count). The zero-order chi connectivity index (χ0) is 13.9. The van der Waals surface area contributed by atoms with Crippen LogP contribution >= 0.6 is 27.7 Å². The fraction of sp³-hybridized carbons (Fsp3) is 0.250. The second-order valence-electron chi connectivity index (χ2n) is 4.88. The van der Waals surface area contributed by atoms with Gasteiger partial charge in [-0.25, -0.2) is 4.39 Å². The Bertz CT molecular complexity index is 617. The SMILES string of the molecule is Fc1ccc(Br)cc1CNC1CSCc2ccccc21. The smallest absolute Gasteiger partial charge is 0.127 e. The van der Waals surface area contributed by atoms with Crippen LogP contribution in [0.3, 0.4) is 0 Å². The molecule has 1 aliphatic heterocycles. The van der Waals surface area contributed by atoms with E-state index in [0.29, 0.717) is 18.2 Å². The third kappa shape index (κ3) is 3.08. The third-order valence-corrected chi connectivity index (χ3v) is 5.10. The highest BCUT2D eigenvalue weighted by atomic mass is 79.9. The molecule has 1 nitrogen and oxygen atoms in total. The van der Waals surface area contributed by atoms with Crippen molar-refractivity contribution in [2.75, 3.05) is 5.75 Å². The molecule has 104 valence electrons. The van der Waals surface area contributed by atoms with Crippen molar-refractivity contribution in [3.8, 4) is 0 Å². The summed E-state index contributed by atoms with van der Waals surface area (Å²) in [7, 11) is 0. The van der Waals surface area contributed by atoms with Crippen LogP contribution in [0.5, 0.6) is 0 Å². The highest BCUT2D eigenvalue weighted by molar-refractivity contribution is 9.10. The Hall–Kier alpha value is -0.840. The molecular weight excluding hydrogens is 337 g/mol. The lowest BCUT2D eigenvalue weighted by Crippen LogP contribution is -2.26. The van der Waals surface area contributed by atoms with Crippen molar-refractivity contribution in [2.24, 2.45) is 0 Å². The number of thioether (sulfide) groups is 1. The van der Waals surface area contributed by atoms with Crippen molar-refractivity contribution < 1.29 is 4.39 Å². The summed E-state index contributed by atoms with van der Waals surface area (Å²) in [5.74, 6) is 1.95. The van der Waals surface area contributed by atoms with Gasteiger partial charge in [-0.15, -0.1) is 0 Å². The van der Waals surface area contributed by atoms with Gasteiger partial charge in [0.05, 0.1) is 0 Å². The minimum atomic E-state index is -0.155. The van der Waals surface area contributed by atoms with Crippen molar-refractivity contribution in [2.45, 2.75) is 18.3 Å². The van der Waals surface area contributed by atoms with E-state index in [9.17, 15) is 4.39 Å². The Balaban J connectivity index is 1.75.